The van der Waals surface area contributed by atoms with E-state index < -0.39 is 0 Å². The summed E-state index contributed by atoms with van der Waals surface area (Å²) in [6.07, 6.45) is 1.59. The monoisotopic (exact) mass is 321 g/mol. The van der Waals surface area contributed by atoms with Crippen molar-refractivity contribution in [2.75, 3.05) is 0 Å². The Balaban J connectivity index is 0. The van der Waals surface area contributed by atoms with Crippen molar-refractivity contribution in [2.45, 2.75) is 18.9 Å². The molecule has 0 rings (SSSR count). The van der Waals surface area contributed by atoms with E-state index in [1.807, 2.05) is 0 Å². The first-order chi connectivity index (χ1) is 2.81. The van der Waals surface area contributed by atoms with Crippen LogP contribution in [0.15, 0.2) is 0 Å². The van der Waals surface area contributed by atoms with Gasteiger partial charge >= 0.3 is 0 Å². The maximum absolute atomic E-state index is 5.35. The van der Waals surface area contributed by atoms with E-state index in [2.05, 4.69) is 13.8 Å². The van der Waals surface area contributed by atoms with Gasteiger partial charge in [-0.3, -0.25) is 0 Å². The molecule has 0 saturated carbocycles. The molecule has 0 spiro atoms. The molecule has 0 bridgehead atoms. The molecule has 0 aromatic rings. The van der Waals surface area contributed by atoms with Gasteiger partial charge in [-0.25, -0.2) is 0 Å². The molecule has 0 aliphatic rings. The molecule has 0 amide bonds. The summed E-state index contributed by atoms with van der Waals surface area (Å²) in [7, 11) is 0. The van der Waals surface area contributed by atoms with Crippen LogP contribution in [0.2, 0.25) is 0 Å². The average molecular weight is 322 g/mol. The van der Waals surface area contributed by atoms with E-state index in [1.54, 1.807) is 0 Å². The van der Waals surface area contributed by atoms with Crippen LogP contribution in [0.5, 0.6) is 0 Å². The van der Waals surface area contributed by atoms with Crippen molar-refractivity contribution in [1.82, 2.24) is 0 Å². The summed E-state index contributed by atoms with van der Waals surface area (Å²) in [5, 5.41) is 0. The maximum atomic E-state index is 5.35. The first kappa shape index (κ1) is 10.9. The molecule has 7 heavy (non-hydrogen) atoms. The van der Waals surface area contributed by atoms with Crippen molar-refractivity contribution in [2.24, 2.45) is 5.73 Å². The second kappa shape index (κ2) is 6.97. The Hall–Kier alpha value is 0.973. The van der Waals surface area contributed by atoms with Gasteiger partial charge in [0.1, 0.15) is 0 Å². The Labute approximate surface area is 68.3 Å². The van der Waals surface area contributed by atoms with Crippen LogP contribution < -0.4 is 5.73 Å². The minimum atomic E-state index is 0. The molecule has 43 valence electrons. The Morgan fingerprint density at radius 1 is 1.29 bits per heavy atom. The van der Waals surface area contributed by atoms with E-state index in [1.165, 1.54) is 0 Å². The van der Waals surface area contributed by atoms with Crippen LogP contribution in [0.3, 0.4) is 0 Å². The number of nitrogens with two attached hydrogens (primary N) is 1. The van der Waals surface area contributed by atoms with Gasteiger partial charge in [-0.1, -0.05) is 6.04 Å². The fourth-order valence-electron chi connectivity index (χ4n) is 0.144. The number of rotatable bonds is 2. The third kappa shape index (κ3) is 6.97. The van der Waals surface area contributed by atoms with Crippen molar-refractivity contribution in [3.8, 4) is 0 Å². The van der Waals surface area contributed by atoms with Crippen molar-refractivity contribution >= 4 is 0 Å². The first-order valence-electron chi connectivity index (χ1n) is 2.15. The van der Waals surface area contributed by atoms with Gasteiger partial charge in [0.25, 0.3) is 0 Å². The maximum Gasteiger partial charge on any atom is 0 e. The third-order valence-corrected chi connectivity index (χ3v) is 0.742. The van der Waals surface area contributed by atoms with Gasteiger partial charge in [-0.2, -0.15) is 12.8 Å². The molecule has 2 N–H and O–H groups in total. The summed E-state index contributed by atoms with van der Waals surface area (Å²) >= 11 is 0. The Morgan fingerprint density at radius 3 is 1.57 bits per heavy atom. The molecular weight excluding hydrogens is 311 g/mol. The molecule has 0 aliphatic heterocycles. The molecule has 0 atom stereocenters. The van der Waals surface area contributed by atoms with Gasteiger partial charge in [0.2, 0.25) is 0 Å². The van der Waals surface area contributed by atoms with Crippen LogP contribution in [0.4, 0.5) is 0 Å². The van der Waals surface area contributed by atoms with Gasteiger partial charge in [-0.15, -0.1) is 0 Å². The van der Waals surface area contributed by atoms with Crippen LogP contribution in [-0.2, 0) is 0 Å². The predicted molar refractivity (Wildman–Crippen MR) is 27.9 cm³/mol. The Morgan fingerprint density at radius 2 is 1.57 bits per heavy atom. The zero-order valence-corrected chi connectivity index (χ0v) is 8.15. The van der Waals surface area contributed by atoms with Gasteiger partial charge in [-0.05, 0) is 0 Å². The van der Waals surface area contributed by atoms with Crippen LogP contribution in [0.1, 0.15) is 12.8 Å². The summed E-state index contributed by atoms with van der Waals surface area (Å²) in [6.45, 7) is 7.18. The summed E-state index contributed by atoms with van der Waals surface area (Å²) < 4.78 is 0. The van der Waals surface area contributed by atoms with E-state index in [9.17, 15) is 0 Å². The van der Waals surface area contributed by atoms with Crippen LogP contribution in [0.25, 0.3) is 0 Å². The zero-order valence-electron chi connectivity index (χ0n) is 4.43. The summed E-state index contributed by atoms with van der Waals surface area (Å²) in [4.78, 5) is 0. The minimum absolute atomic E-state index is 0. The molecule has 0 aliphatic carbocycles. The van der Waals surface area contributed by atoms with E-state index in [-0.39, 0.29) is 36.0 Å². The van der Waals surface area contributed by atoms with Crippen LogP contribution in [0, 0.1) is 43.8 Å². The SMILES string of the molecule is [CH2-]CC(N)C[CH2-].[Np]. The quantitative estimate of drug-likeness (QED) is 0.747. The predicted octanol–water partition coefficient (Wildman–Crippen LogP) is 0.762. The summed E-state index contributed by atoms with van der Waals surface area (Å²) in [6, 6.07) is 0.213. The van der Waals surface area contributed by atoms with Gasteiger partial charge in [0.05, 0.1) is 0 Å². The van der Waals surface area contributed by atoms with Gasteiger partial charge in [0, 0.05) is 29.9 Å². The molecule has 0 fully saturated rings. The van der Waals surface area contributed by atoms with Crippen molar-refractivity contribution < 1.29 is 29.9 Å². The number of hydrogen-bond acceptors (Lipinski definition) is 1. The fraction of sp³-hybridized carbons (Fsp3) is 0.600. The zero-order chi connectivity index (χ0) is 4.99. The number of hydrogen-bond donors (Lipinski definition) is 1. The van der Waals surface area contributed by atoms with E-state index in [4.69, 9.17) is 5.73 Å². The molecule has 1 nitrogen and oxygen atoms in total. The van der Waals surface area contributed by atoms with E-state index in [0.29, 0.717) is 0 Å². The molecule has 0 aromatic heterocycles. The average Bonchev–Trinajstić information content (AvgIpc) is 1.65. The van der Waals surface area contributed by atoms with Gasteiger partial charge < -0.3 is 19.6 Å². The van der Waals surface area contributed by atoms with Crippen LogP contribution >= 0.6 is 0 Å². The second-order valence-electron chi connectivity index (χ2n) is 1.34. The Kier molecular flexibility index (Phi) is 10.8. The topological polar surface area (TPSA) is 26.0 Å². The minimum Gasteiger partial charge on any atom is -0.342 e. The summed E-state index contributed by atoms with van der Waals surface area (Å²) in [5.41, 5.74) is 5.35. The third-order valence-electron chi connectivity index (χ3n) is 0.742. The largest absolute Gasteiger partial charge is 0.342 e. The normalized spacial score (nSPS) is 8.57. The van der Waals surface area contributed by atoms with Gasteiger partial charge in [0.15, 0.2) is 0 Å². The van der Waals surface area contributed by atoms with Crippen molar-refractivity contribution in [3.63, 3.8) is 0 Å². The van der Waals surface area contributed by atoms with E-state index in [0.717, 1.165) is 12.8 Å². The van der Waals surface area contributed by atoms with Crippen molar-refractivity contribution in [3.05, 3.63) is 13.8 Å². The molecule has 1 radical (unpaired) electrons. The molecule has 0 unspecified atom stereocenters. The molecule has 0 saturated heterocycles. The standard InChI is InChI=1S/C5H11N.Np/c1-3-5(6)4-2;/h5H,1-4,6H2;/q-2;. The Bertz CT molecular complexity index is 27.3. The first-order valence-corrected chi connectivity index (χ1v) is 2.15. The smallest absolute Gasteiger partial charge is 0 e. The fourth-order valence-corrected chi connectivity index (χ4v) is 0.144. The molecular formula is C5H11NNp-2. The van der Waals surface area contributed by atoms with Crippen LogP contribution in [-0.4, -0.2) is 6.04 Å². The van der Waals surface area contributed by atoms with E-state index >= 15 is 0 Å². The molecule has 2 heteroatoms. The summed E-state index contributed by atoms with van der Waals surface area (Å²) in [5.74, 6) is 0. The molecule has 0 heterocycles. The second-order valence-corrected chi connectivity index (χ2v) is 1.34. The van der Waals surface area contributed by atoms with Crippen molar-refractivity contribution in [1.29, 1.82) is 0 Å². The molecule has 0 aromatic carbocycles.